The molecule has 0 radical (unpaired) electrons. The molecular weight excluding hydrogens is 294 g/mol. The predicted molar refractivity (Wildman–Crippen MR) is 87.3 cm³/mol. The molecule has 1 amide bonds. The number of aryl methyl sites for hydroxylation is 2. The van der Waals surface area contributed by atoms with Gasteiger partial charge in [0.2, 0.25) is 5.91 Å². The van der Waals surface area contributed by atoms with Crippen LogP contribution in [0, 0.1) is 6.92 Å². The van der Waals surface area contributed by atoms with Crippen molar-refractivity contribution in [3.63, 3.8) is 0 Å². The van der Waals surface area contributed by atoms with Crippen molar-refractivity contribution in [2.45, 2.75) is 32.3 Å². The topological polar surface area (TPSA) is 71.7 Å². The Morgan fingerprint density at radius 3 is 2.78 bits per heavy atom. The summed E-state index contributed by atoms with van der Waals surface area (Å²) in [6.07, 6.45) is 0.964. The zero-order valence-electron chi connectivity index (χ0n) is 13.8. The number of benzene rings is 1. The van der Waals surface area contributed by atoms with Gasteiger partial charge in [0.25, 0.3) is 0 Å². The molecule has 0 fully saturated rings. The maximum Gasteiger partial charge on any atom is 0.220 e. The second-order valence-electron chi connectivity index (χ2n) is 5.81. The SMILES string of the molecule is COc1cccc(CCC(=O)NCC(C)(O)c2ccc(C)o2)c1. The van der Waals surface area contributed by atoms with Gasteiger partial charge in [-0.3, -0.25) is 4.79 Å². The average molecular weight is 317 g/mol. The van der Waals surface area contributed by atoms with Crippen molar-refractivity contribution in [2.24, 2.45) is 0 Å². The molecule has 0 aliphatic rings. The van der Waals surface area contributed by atoms with Crippen LogP contribution in [0.1, 0.15) is 30.4 Å². The summed E-state index contributed by atoms with van der Waals surface area (Å²) in [7, 11) is 1.62. The third-order valence-electron chi connectivity index (χ3n) is 3.68. The number of ether oxygens (including phenoxy) is 1. The first-order valence-electron chi connectivity index (χ1n) is 7.59. The average Bonchev–Trinajstić information content (AvgIpc) is 2.98. The van der Waals surface area contributed by atoms with Crippen LogP contribution in [0.5, 0.6) is 5.75 Å². The first-order valence-corrected chi connectivity index (χ1v) is 7.59. The summed E-state index contributed by atoms with van der Waals surface area (Å²) in [5.74, 6) is 1.84. The predicted octanol–water partition coefficient (Wildman–Crippen LogP) is 2.55. The molecule has 1 aromatic heterocycles. The molecule has 0 bridgehead atoms. The molecule has 0 aliphatic carbocycles. The molecule has 0 aliphatic heterocycles. The normalized spacial score (nSPS) is 13.4. The van der Waals surface area contributed by atoms with E-state index in [-0.39, 0.29) is 12.5 Å². The lowest BCUT2D eigenvalue weighted by molar-refractivity contribution is -0.122. The third kappa shape index (κ3) is 4.86. The van der Waals surface area contributed by atoms with Crippen LogP contribution < -0.4 is 10.1 Å². The Hall–Kier alpha value is -2.27. The molecule has 2 N–H and O–H groups in total. The summed E-state index contributed by atoms with van der Waals surface area (Å²) >= 11 is 0. The molecule has 0 saturated carbocycles. The Bertz CT molecular complexity index is 661. The summed E-state index contributed by atoms with van der Waals surface area (Å²) < 4.78 is 10.6. The summed E-state index contributed by atoms with van der Waals surface area (Å²) in [6.45, 7) is 3.54. The van der Waals surface area contributed by atoms with Gasteiger partial charge in [-0.1, -0.05) is 12.1 Å². The molecule has 0 saturated heterocycles. The van der Waals surface area contributed by atoms with Gasteiger partial charge in [0.1, 0.15) is 22.9 Å². The van der Waals surface area contributed by atoms with Crippen LogP contribution in [0.3, 0.4) is 0 Å². The van der Waals surface area contributed by atoms with E-state index in [9.17, 15) is 9.90 Å². The van der Waals surface area contributed by atoms with Crippen LogP contribution in [0.15, 0.2) is 40.8 Å². The Kier molecular flexibility index (Phi) is 5.45. The molecule has 1 heterocycles. The zero-order chi connectivity index (χ0) is 16.9. The number of amides is 1. The van der Waals surface area contributed by atoms with Gasteiger partial charge in [-0.2, -0.15) is 0 Å². The highest BCUT2D eigenvalue weighted by atomic mass is 16.5. The smallest absolute Gasteiger partial charge is 0.220 e. The number of methoxy groups -OCH3 is 1. The summed E-state index contributed by atoms with van der Waals surface area (Å²) in [5, 5.41) is 13.1. The number of hydrogen-bond acceptors (Lipinski definition) is 4. The monoisotopic (exact) mass is 317 g/mol. The number of carbonyl (C=O) groups is 1. The van der Waals surface area contributed by atoms with Gasteiger partial charge in [-0.25, -0.2) is 0 Å². The number of aliphatic hydroxyl groups is 1. The largest absolute Gasteiger partial charge is 0.497 e. The van der Waals surface area contributed by atoms with Gasteiger partial charge < -0.3 is 19.6 Å². The van der Waals surface area contributed by atoms with Crippen molar-refractivity contribution < 1.29 is 19.1 Å². The van der Waals surface area contributed by atoms with Crippen LogP contribution >= 0.6 is 0 Å². The minimum Gasteiger partial charge on any atom is -0.497 e. The van der Waals surface area contributed by atoms with E-state index in [0.29, 0.717) is 18.6 Å². The Morgan fingerprint density at radius 2 is 2.13 bits per heavy atom. The van der Waals surface area contributed by atoms with E-state index in [1.807, 2.05) is 31.2 Å². The van der Waals surface area contributed by atoms with Crippen LogP contribution in [0.25, 0.3) is 0 Å². The molecular formula is C18H23NO4. The Labute approximate surface area is 136 Å². The highest BCUT2D eigenvalue weighted by molar-refractivity contribution is 5.76. The van der Waals surface area contributed by atoms with Crippen LogP contribution in [0.2, 0.25) is 0 Å². The fourth-order valence-corrected chi connectivity index (χ4v) is 2.26. The van der Waals surface area contributed by atoms with E-state index in [1.165, 1.54) is 0 Å². The number of rotatable bonds is 7. The lowest BCUT2D eigenvalue weighted by atomic mass is 10.0. The first-order chi connectivity index (χ1) is 10.9. The first kappa shape index (κ1) is 17.1. The molecule has 1 unspecified atom stereocenters. The number of carbonyl (C=O) groups excluding carboxylic acids is 1. The van der Waals surface area contributed by atoms with E-state index in [1.54, 1.807) is 26.2 Å². The number of nitrogens with one attached hydrogen (secondary N) is 1. The van der Waals surface area contributed by atoms with E-state index < -0.39 is 5.60 Å². The van der Waals surface area contributed by atoms with Crippen LogP contribution in [0.4, 0.5) is 0 Å². The quantitative estimate of drug-likeness (QED) is 0.823. The number of hydrogen-bond donors (Lipinski definition) is 2. The Morgan fingerprint density at radius 1 is 1.35 bits per heavy atom. The summed E-state index contributed by atoms with van der Waals surface area (Å²) in [4.78, 5) is 12.0. The molecule has 5 nitrogen and oxygen atoms in total. The van der Waals surface area contributed by atoms with Crippen LogP contribution in [-0.2, 0) is 16.8 Å². The van der Waals surface area contributed by atoms with Crippen LogP contribution in [-0.4, -0.2) is 24.7 Å². The molecule has 5 heteroatoms. The van der Waals surface area contributed by atoms with Crippen molar-refractivity contribution in [3.05, 3.63) is 53.5 Å². The Balaban J connectivity index is 1.82. The minimum absolute atomic E-state index is 0.108. The molecule has 2 aromatic rings. The third-order valence-corrected chi connectivity index (χ3v) is 3.68. The van der Waals surface area contributed by atoms with Gasteiger partial charge in [0.05, 0.1) is 13.7 Å². The van der Waals surface area contributed by atoms with Crippen molar-refractivity contribution in [1.82, 2.24) is 5.32 Å². The maximum atomic E-state index is 12.0. The van der Waals surface area contributed by atoms with Crippen molar-refractivity contribution in [2.75, 3.05) is 13.7 Å². The zero-order valence-corrected chi connectivity index (χ0v) is 13.8. The summed E-state index contributed by atoms with van der Waals surface area (Å²) in [5.41, 5.74) is -0.187. The van der Waals surface area contributed by atoms with Gasteiger partial charge in [0, 0.05) is 6.42 Å². The highest BCUT2D eigenvalue weighted by Crippen LogP contribution is 2.22. The van der Waals surface area contributed by atoms with E-state index >= 15 is 0 Å². The molecule has 23 heavy (non-hydrogen) atoms. The second-order valence-corrected chi connectivity index (χ2v) is 5.81. The lowest BCUT2D eigenvalue weighted by Gasteiger charge is -2.21. The highest BCUT2D eigenvalue weighted by Gasteiger charge is 2.27. The standard InChI is InChI=1S/C18H23NO4/c1-13-7-9-16(23-13)18(2,21)12-19-17(20)10-8-14-5-4-6-15(11-14)22-3/h4-7,9,11,21H,8,10,12H2,1-3H3,(H,19,20). The molecule has 0 spiro atoms. The van der Waals surface area contributed by atoms with E-state index in [0.717, 1.165) is 17.1 Å². The maximum absolute atomic E-state index is 12.0. The van der Waals surface area contributed by atoms with Crippen molar-refractivity contribution >= 4 is 5.91 Å². The molecule has 124 valence electrons. The van der Waals surface area contributed by atoms with E-state index in [2.05, 4.69) is 5.32 Å². The molecule has 2 rings (SSSR count). The summed E-state index contributed by atoms with van der Waals surface area (Å²) in [6, 6.07) is 11.1. The molecule has 1 atom stereocenters. The number of furan rings is 1. The van der Waals surface area contributed by atoms with Crippen molar-refractivity contribution in [3.8, 4) is 5.75 Å². The minimum atomic E-state index is -1.22. The second kappa shape index (κ2) is 7.33. The lowest BCUT2D eigenvalue weighted by Crippen LogP contribution is -2.38. The fraction of sp³-hybridized carbons (Fsp3) is 0.389. The van der Waals surface area contributed by atoms with Gasteiger partial charge in [0.15, 0.2) is 0 Å². The van der Waals surface area contributed by atoms with Crippen molar-refractivity contribution in [1.29, 1.82) is 0 Å². The fourth-order valence-electron chi connectivity index (χ4n) is 2.26. The van der Waals surface area contributed by atoms with Gasteiger partial charge >= 0.3 is 0 Å². The molecule has 1 aromatic carbocycles. The van der Waals surface area contributed by atoms with Gasteiger partial charge in [-0.05, 0) is 50.1 Å². The van der Waals surface area contributed by atoms with Gasteiger partial charge in [-0.15, -0.1) is 0 Å². The van der Waals surface area contributed by atoms with E-state index in [4.69, 9.17) is 9.15 Å².